The zero-order valence-corrected chi connectivity index (χ0v) is 17.9. The fourth-order valence-electron chi connectivity index (χ4n) is 3.48. The molecule has 0 bridgehead atoms. The lowest BCUT2D eigenvalue weighted by atomic mass is 10.1. The molecule has 6 heteroatoms. The first-order chi connectivity index (χ1) is 14.0. The van der Waals surface area contributed by atoms with Gasteiger partial charge < -0.3 is 5.32 Å². The number of nitrogens with zero attached hydrogens (tertiary/aromatic N) is 3. The van der Waals surface area contributed by atoms with Crippen LogP contribution in [0.3, 0.4) is 0 Å². The quantitative estimate of drug-likeness (QED) is 0.458. The summed E-state index contributed by atoms with van der Waals surface area (Å²) in [7, 11) is 0. The van der Waals surface area contributed by atoms with Crippen LogP contribution in [0, 0.1) is 20.8 Å². The molecule has 1 N–H and O–H groups in total. The monoisotopic (exact) mass is 404 g/mol. The second kappa shape index (κ2) is 7.87. The van der Waals surface area contributed by atoms with E-state index in [2.05, 4.69) is 34.6 Å². The predicted molar refractivity (Wildman–Crippen MR) is 120 cm³/mol. The third-order valence-corrected chi connectivity index (χ3v) is 6.44. The highest BCUT2D eigenvalue weighted by atomic mass is 32.2. The summed E-state index contributed by atoms with van der Waals surface area (Å²) in [4.78, 5) is 13.0. The zero-order valence-electron chi connectivity index (χ0n) is 17.1. The van der Waals surface area contributed by atoms with E-state index in [9.17, 15) is 4.79 Å². The van der Waals surface area contributed by atoms with Gasteiger partial charge in [0.15, 0.2) is 10.8 Å². The minimum atomic E-state index is -0.262. The molecule has 1 atom stereocenters. The lowest BCUT2D eigenvalue weighted by Crippen LogP contribution is -2.25. The van der Waals surface area contributed by atoms with Gasteiger partial charge in [-0.2, -0.15) is 0 Å². The molecule has 1 amide bonds. The number of aryl methyl sites for hydroxylation is 3. The van der Waals surface area contributed by atoms with Crippen molar-refractivity contribution in [1.82, 2.24) is 14.6 Å². The van der Waals surface area contributed by atoms with Crippen LogP contribution in [-0.2, 0) is 4.79 Å². The van der Waals surface area contributed by atoms with Crippen molar-refractivity contribution in [2.24, 2.45) is 0 Å². The van der Waals surface area contributed by atoms with Crippen LogP contribution in [0.15, 0.2) is 53.7 Å². The third kappa shape index (κ3) is 3.72. The number of thioether (sulfide) groups is 1. The second-order valence-corrected chi connectivity index (χ2v) is 8.51. The Balaban J connectivity index is 1.67. The number of carbonyl (C=O) groups is 1. The van der Waals surface area contributed by atoms with Gasteiger partial charge in [-0.1, -0.05) is 49.0 Å². The largest absolute Gasteiger partial charge is 0.325 e. The van der Waals surface area contributed by atoms with Gasteiger partial charge in [-0.3, -0.25) is 9.20 Å². The van der Waals surface area contributed by atoms with E-state index in [-0.39, 0.29) is 11.2 Å². The summed E-state index contributed by atoms with van der Waals surface area (Å²) in [6.45, 7) is 8.13. The van der Waals surface area contributed by atoms with Crippen molar-refractivity contribution < 1.29 is 4.79 Å². The number of nitrogens with one attached hydrogen (secondary N) is 1. The van der Waals surface area contributed by atoms with Crippen LogP contribution in [0.2, 0.25) is 0 Å². The average Bonchev–Trinajstić information content (AvgIpc) is 3.11. The minimum Gasteiger partial charge on any atom is -0.325 e. The van der Waals surface area contributed by atoms with E-state index < -0.39 is 0 Å². The maximum absolute atomic E-state index is 13.0. The summed E-state index contributed by atoms with van der Waals surface area (Å²) >= 11 is 1.46. The first-order valence-corrected chi connectivity index (χ1v) is 10.6. The molecule has 0 aliphatic rings. The van der Waals surface area contributed by atoms with Gasteiger partial charge >= 0.3 is 0 Å². The van der Waals surface area contributed by atoms with Crippen molar-refractivity contribution in [2.75, 3.05) is 5.32 Å². The zero-order chi connectivity index (χ0) is 20.5. The molecule has 0 saturated carbocycles. The third-order valence-electron chi connectivity index (χ3n) is 5.14. The number of hydrogen-bond donors (Lipinski definition) is 1. The van der Waals surface area contributed by atoms with E-state index in [0.717, 1.165) is 44.1 Å². The summed E-state index contributed by atoms with van der Waals surface area (Å²) in [5.74, 6) is -0.0145. The molecule has 5 nitrogen and oxygen atoms in total. The van der Waals surface area contributed by atoms with Gasteiger partial charge in [0.05, 0.1) is 10.8 Å². The Kier molecular flexibility index (Phi) is 5.28. The Morgan fingerprint density at radius 2 is 1.86 bits per heavy atom. The molecule has 1 unspecified atom stereocenters. The number of hydrogen-bond acceptors (Lipinski definition) is 4. The van der Waals surface area contributed by atoms with Gasteiger partial charge in [0, 0.05) is 11.1 Å². The molecule has 0 aliphatic carbocycles. The number of amides is 1. The van der Waals surface area contributed by atoms with Crippen LogP contribution in [0.25, 0.3) is 16.6 Å². The Bertz CT molecular complexity index is 1210. The molecular formula is C23H24N4OS. The van der Waals surface area contributed by atoms with Gasteiger partial charge in [-0.25, -0.2) is 0 Å². The fourth-order valence-corrected chi connectivity index (χ4v) is 4.46. The van der Waals surface area contributed by atoms with Gasteiger partial charge in [-0.05, 0) is 62.1 Å². The SMILES string of the molecule is CCC(Sc1nnc2cc(C)c3ccccc3n12)C(=O)Nc1cc(C)ccc1C. The number of aromatic nitrogens is 3. The number of carbonyl (C=O) groups excluding carboxylic acids is 1. The van der Waals surface area contributed by atoms with Crippen LogP contribution >= 0.6 is 11.8 Å². The number of anilines is 1. The number of para-hydroxylation sites is 1. The lowest BCUT2D eigenvalue weighted by molar-refractivity contribution is -0.115. The first-order valence-electron chi connectivity index (χ1n) is 9.76. The van der Waals surface area contributed by atoms with Crippen molar-refractivity contribution in [3.05, 3.63) is 65.2 Å². The molecule has 0 spiro atoms. The molecule has 0 radical (unpaired) electrons. The number of pyridine rings is 1. The lowest BCUT2D eigenvalue weighted by Gasteiger charge is -2.16. The fraction of sp³-hybridized carbons (Fsp3) is 0.261. The number of benzene rings is 2. The molecule has 29 heavy (non-hydrogen) atoms. The second-order valence-electron chi connectivity index (χ2n) is 7.34. The summed E-state index contributed by atoms with van der Waals surface area (Å²) in [6.07, 6.45) is 0.695. The molecule has 2 aromatic heterocycles. The Labute approximate surface area is 174 Å². The first kappa shape index (κ1) is 19.5. The van der Waals surface area contributed by atoms with Crippen molar-refractivity contribution in [3.8, 4) is 0 Å². The molecule has 148 valence electrons. The molecule has 0 saturated heterocycles. The maximum Gasteiger partial charge on any atom is 0.237 e. The molecule has 0 aliphatic heterocycles. The van der Waals surface area contributed by atoms with Crippen molar-refractivity contribution in [3.63, 3.8) is 0 Å². The van der Waals surface area contributed by atoms with Crippen LogP contribution in [0.4, 0.5) is 5.69 Å². The van der Waals surface area contributed by atoms with Crippen LogP contribution in [0.5, 0.6) is 0 Å². The average molecular weight is 405 g/mol. The van der Waals surface area contributed by atoms with E-state index in [1.165, 1.54) is 11.8 Å². The molecule has 4 aromatic rings. The van der Waals surface area contributed by atoms with Crippen molar-refractivity contribution in [2.45, 2.75) is 44.5 Å². The summed E-state index contributed by atoms with van der Waals surface area (Å²) in [5, 5.41) is 13.5. The van der Waals surface area contributed by atoms with Gasteiger partial charge in [0.2, 0.25) is 5.91 Å². The Morgan fingerprint density at radius 1 is 1.07 bits per heavy atom. The molecule has 2 aromatic carbocycles. The highest BCUT2D eigenvalue weighted by Gasteiger charge is 2.22. The van der Waals surface area contributed by atoms with Crippen LogP contribution in [0.1, 0.15) is 30.0 Å². The Morgan fingerprint density at radius 3 is 2.66 bits per heavy atom. The van der Waals surface area contributed by atoms with Gasteiger partial charge in [0.25, 0.3) is 0 Å². The van der Waals surface area contributed by atoms with Crippen LogP contribution < -0.4 is 5.32 Å². The number of rotatable bonds is 5. The highest BCUT2D eigenvalue weighted by molar-refractivity contribution is 8.00. The molecule has 0 fully saturated rings. The summed E-state index contributed by atoms with van der Waals surface area (Å²) in [6, 6.07) is 16.3. The number of fused-ring (bicyclic) bond motifs is 3. The van der Waals surface area contributed by atoms with E-state index in [1.807, 2.05) is 61.6 Å². The smallest absolute Gasteiger partial charge is 0.237 e. The van der Waals surface area contributed by atoms with E-state index in [1.54, 1.807) is 0 Å². The van der Waals surface area contributed by atoms with Crippen LogP contribution in [-0.4, -0.2) is 25.8 Å². The molecular weight excluding hydrogens is 380 g/mol. The predicted octanol–water partition coefficient (Wildman–Crippen LogP) is 5.32. The standard InChI is InChI=1S/C23H24N4OS/c1-5-20(22(28)24-18-12-14(2)10-11-15(18)3)29-23-26-25-21-13-16(4)17-8-6-7-9-19(17)27(21)23/h6-13,20H,5H2,1-4H3,(H,24,28). The molecule has 2 heterocycles. The Hall–Kier alpha value is -2.86. The summed E-state index contributed by atoms with van der Waals surface area (Å²) in [5.41, 5.74) is 6.06. The van der Waals surface area contributed by atoms with E-state index in [0.29, 0.717) is 6.42 Å². The minimum absolute atomic E-state index is 0.0145. The summed E-state index contributed by atoms with van der Waals surface area (Å²) < 4.78 is 2.04. The topological polar surface area (TPSA) is 59.3 Å². The van der Waals surface area contributed by atoms with Crippen molar-refractivity contribution >= 4 is 39.9 Å². The molecule has 4 rings (SSSR count). The van der Waals surface area contributed by atoms with E-state index >= 15 is 0 Å². The maximum atomic E-state index is 13.0. The van der Waals surface area contributed by atoms with Gasteiger partial charge in [0.1, 0.15) is 0 Å². The normalized spacial score (nSPS) is 12.4. The van der Waals surface area contributed by atoms with E-state index in [4.69, 9.17) is 0 Å². The highest BCUT2D eigenvalue weighted by Crippen LogP contribution is 2.30. The van der Waals surface area contributed by atoms with Gasteiger partial charge in [-0.15, -0.1) is 10.2 Å². The van der Waals surface area contributed by atoms with Crippen molar-refractivity contribution in [1.29, 1.82) is 0 Å².